The van der Waals surface area contributed by atoms with Crippen molar-refractivity contribution in [3.8, 4) is 10.4 Å². The second-order valence-electron chi connectivity index (χ2n) is 7.77. The monoisotopic (exact) mass is 382 g/mol. The molecule has 0 unspecified atom stereocenters. The van der Waals surface area contributed by atoms with Crippen molar-refractivity contribution >= 4 is 23.2 Å². The van der Waals surface area contributed by atoms with E-state index >= 15 is 0 Å². The third-order valence-electron chi connectivity index (χ3n) is 6.00. The highest BCUT2D eigenvalue weighted by molar-refractivity contribution is 7.13. The second-order valence-corrected chi connectivity index (χ2v) is 8.72. The van der Waals surface area contributed by atoms with Gasteiger partial charge in [0.25, 0.3) is 0 Å². The van der Waals surface area contributed by atoms with Gasteiger partial charge >= 0.3 is 0 Å². The largest absolute Gasteiger partial charge is 0.359 e. The molecule has 4 nitrogen and oxygen atoms in total. The van der Waals surface area contributed by atoms with Crippen LogP contribution in [0.3, 0.4) is 0 Å². The van der Waals surface area contributed by atoms with Gasteiger partial charge in [0.05, 0.1) is 5.41 Å². The van der Waals surface area contributed by atoms with E-state index in [0.717, 1.165) is 25.7 Å². The summed E-state index contributed by atoms with van der Waals surface area (Å²) >= 11 is 1.73. The molecule has 5 heteroatoms. The van der Waals surface area contributed by atoms with E-state index in [1.165, 1.54) is 16.0 Å². The summed E-state index contributed by atoms with van der Waals surface area (Å²) in [5.74, 6) is 0.638. The number of benzene rings is 1. The molecular formula is C22H26N2O2S. The molecule has 2 aliphatic rings. The molecule has 2 aromatic rings. The van der Waals surface area contributed by atoms with Crippen molar-refractivity contribution in [3.05, 3.63) is 47.3 Å². The highest BCUT2D eigenvalue weighted by Gasteiger charge is 2.44. The van der Waals surface area contributed by atoms with Gasteiger partial charge in [-0.1, -0.05) is 30.3 Å². The number of nitrogens with zero attached hydrogens (tertiary/aromatic N) is 1. The van der Waals surface area contributed by atoms with Crippen LogP contribution < -0.4 is 5.32 Å². The predicted molar refractivity (Wildman–Crippen MR) is 108 cm³/mol. The van der Waals surface area contributed by atoms with Crippen LogP contribution in [0, 0.1) is 11.3 Å². The lowest BCUT2D eigenvalue weighted by Crippen LogP contribution is -2.51. The molecule has 0 spiro atoms. The van der Waals surface area contributed by atoms with Gasteiger partial charge in [-0.2, -0.15) is 0 Å². The van der Waals surface area contributed by atoms with Gasteiger partial charge in [-0.3, -0.25) is 9.59 Å². The van der Waals surface area contributed by atoms with Crippen LogP contribution in [0.4, 0.5) is 0 Å². The van der Waals surface area contributed by atoms with E-state index in [9.17, 15) is 9.59 Å². The zero-order valence-electron chi connectivity index (χ0n) is 15.7. The van der Waals surface area contributed by atoms with Gasteiger partial charge in [0.1, 0.15) is 0 Å². The van der Waals surface area contributed by atoms with Crippen LogP contribution in [0.15, 0.2) is 41.8 Å². The Kier molecular flexibility index (Phi) is 5.04. The maximum absolute atomic E-state index is 12.9. The fourth-order valence-electron chi connectivity index (χ4n) is 4.20. The number of likely N-dealkylation sites (tertiary alicyclic amines) is 1. The van der Waals surface area contributed by atoms with E-state index in [1.54, 1.807) is 18.4 Å². The lowest BCUT2D eigenvalue weighted by atomic mass is 9.72. The Bertz CT molecular complexity index is 819. The molecule has 0 atom stereocenters. The number of amides is 2. The first-order valence-corrected chi connectivity index (χ1v) is 10.6. The molecule has 2 amide bonds. The van der Waals surface area contributed by atoms with Crippen molar-refractivity contribution in [2.45, 2.75) is 32.1 Å². The van der Waals surface area contributed by atoms with Crippen LogP contribution in [0.25, 0.3) is 10.4 Å². The Labute approximate surface area is 164 Å². The third-order valence-corrected chi connectivity index (χ3v) is 6.90. The van der Waals surface area contributed by atoms with Gasteiger partial charge in [-0.05, 0) is 54.7 Å². The normalized spacial score (nSPS) is 18.9. The summed E-state index contributed by atoms with van der Waals surface area (Å²) in [4.78, 5) is 28.5. The van der Waals surface area contributed by atoms with Gasteiger partial charge in [0.15, 0.2) is 0 Å². The standard InChI is InChI=1S/C22H26N2O2S/c1-23-21(26)22(10-12-24(13-11-22)20(25)16-8-9-16)15-17-5-2-3-6-18(17)19-7-4-14-27-19/h2-7,14,16H,8-13,15H2,1H3,(H,23,26). The molecule has 0 bridgehead atoms. The van der Waals surface area contributed by atoms with Gasteiger partial charge in [-0.25, -0.2) is 0 Å². The quantitative estimate of drug-likeness (QED) is 0.857. The van der Waals surface area contributed by atoms with E-state index in [2.05, 4.69) is 47.1 Å². The summed E-state index contributed by atoms with van der Waals surface area (Å²) < 4.78 is 0. The van der Waals surface area contributed by atoms with Gasteiger partial charge < -0.3 is 10.2 Å². The minimum Gasteiger partial charge on any atom is -0.359 e. The molecule has 1 aromatic carbocycles. The molecule has 1 aromatic heterocycles. The first-order chi connectivity index (χ1) is 13.1. The van der Waals surface area contributed by atoms with Crippen molar-refractivity contribution in [1.29, 1.82) is 0 Å². The molecule has 27 heavy (non-hydrogen) atoms. The van der Waals surface area contributed by atoms with Gasteiger partial charge in [0, 0.05) is 30.9 Å². The summed E-state index contributed by atoms with van der Waals surface area (Å²) in [7, 11) is 1.72. The highest BCUT2D eigenvalue weighted by atomic mass is 32.1. The molecule has 1 N–H and O–H groups in total. The maximum Gasteiger partial charge on any atom is 0.226 e. The molecule has 1 saturated heterocycles. The number of hydrogen-bond acceptors (Lipinski definition) is 3. The average Bonchev–Trinajstić information content (AvgIpc) is 3.42. The Morgan fingerprint density at radius 2 is 1.89 bits per heavy atom. The number of piperidine rings is 1. The predicted octanol–water partition coefficient (Wildman–Crippen LogP) is 3.72. The van der Waals surface area contributed by atoms with Crippen LogP contribution in [0.2, 0.25) is 0 Å². The van der Waals surface area contributed by atoms with Crippen LogP contribution in [-0.4, -0.2) is 36.9 Å². The molecule has 1 aliphatic heterocycles. The third kappa shape index (κ3) is 3.65. The molecule has 2 fully saturated rings. The number of carbonyl (C=O) groups excluding carboxylic acids is 2. The molecule has 2 heterocycles. The zero-order valence-corrected chi connectivity index (χ0v) is 16.6. The van der Waals surface area contributed by atoms with Crippen molar-refractivity contribution in [3.63, 3.8) is 0 Å². The van der Waals surface area contributed by atoms with E-state index in [-0.39, 0.29) is 11.8 Å². The van der Waals surface area contributed by atoms with E-state index < -0.39 is 5.41 Å². The minimum absolute atomic E-state index is 0.0991. The fraction of sp³-hybridized carbons (Fsp3) is 0.455. The highest BCUT2D eigenvalue weighted by Crippen LogP contribution is 2.40. The summed E-state index contributed by atoms with van der Waals surface area (Å²) in [6, 6.07) is 12.6. The Hall–Kier alpha value is -2.14. The van der Waals surface area contributed by atoms with E-state index in [1.807, 2.05) is 4.90 Å². The summed E-state index contributed by atoms with van der Waals surface area (Å²) in [5, 5.41) is 4.98. The minimum atomic E-state index is -0.442. The lowest BCUT2D eigenvalue weighted by Gasteiger charge is -2.41. The number of rotatable bonds is 5. The number of nitrogens with one attached hydrogen (secondary N) is 1. The first kappa shape index (κ1) is 18.2. The van der Waals surface area contributed by atoms with E-state index in [0.29, 0.717) is 25.4 Å². The topological polar surface area (TPSA) is 49.4 Å². The Balaban J connectivity index is 1.57. The number of hydrogen-bond donors (Lipinski definition) is 1. The zero-order chi connectivity index (χ0) is 18.9. The summed E-state index contributed by atoms with van der Waals surface area (Å²) in [5.41, 5.74) is 1.99. The molecule has 142 valence electrons. The molecule has 1 saturated carbocycles. The van der Waals surface area contributed by atoms with E-state index in [4.69, 9.17) is 0 Å². The smallest absolute Gasteiger partial charge is 0.226 e. The van der Waals surface area contributed by atoms with Crippen molar-refractivity contribution in [2.24, 2.45) is 11.3 Å². The van der Waals surface area contributed by atoms with Gasteiger partial charge in [-0.15, -0.1) is 11.3 Å². The Morgan fingerprint density at radius 3 is 2.52 bits per heavy atom. The second kappa shape index (κ2) is 7.47. The molecular weight excluding hydrogens is 356 g/mol. The lowest BCUT2D eigenvalue weighted by molar-refractivity contribution is -0.141. The number of carbonyl (C=O) groups is 2. The van der Waals surface area contributed by atoms with Crippen molar-refractivity contribution in [1.82, 2.24) is 10.2 Å². The molecule has 1 aliphatic carbocycles. The average molecular weight is 383 g/mol. The van der Waals surface area contributed by atoms with Crippen LogP contribution in [0.5, 0.6) is 0 Å². The fourth-order valence-corrected chi connectivity index (χ4v) is 4.99. The summed E-state index contributed by atoms with van der Waals surface area (Å²) in [6.45, 7) is 1.37. The van der Waals surface area contributed by atoms with Crippen LogP contribution in [-0.2, 0) is 16.0 Å². The van der Waals surface area contributed by atoms with Crippen LogP contribution >= 0.6 is 11.3 Å². The number of thiophene rings is 1. The maximum atomic E-state index is 12.9. The SMILES string of the molecule is CNC(=O)C1(Cc2ccccc2-c2cccs2)CCN(C(=O)C2CC2)CC1. The molecule has 0 radical (unpaired) electrons. The van der Waals surface area contributed by atoms with Crippen molar-refractivity contribution < 1.29 is 9.59 Å². The summed E-state index contributed by atoms with van der Waals surface area (Å²) in [6.07, 6.45) is 4.23. The van der Waals surface area contributed by atoms with Crippen LogP contribution in [0.1, 0.15) is 31.2 Å². The first-order valence-electron chi connectivity index (χ1n) is 9.76. The Morgan fingerprint density at radius 1 is 1.15 bits per heavy atom. The van der Waals surface area contributed by atoms with Crippen molar-refractivity contribution in [2.75, 3.05) is 20.1 Å². The van der Waals surface area contributed by atoms with Gasteiger partial charge in [0.2, 0.25) is 11.8 Å². The molecule has 4 rings (SSSR count).